The van der Waals surface area contributed by atoms with Gasteiger partial charge in [0.15, 0.2) is 0 Å². The molecule has 0 saturated carbocycles. The molecule has 0 unspecified atom stereocenters. The Hall–Kier alpha value is -2.30. The van der Waals surface area contributed by atoms with Gasteiger partial charge in [-0.25, -0.2) is 0 Å². The minimum atomic E-state index is 0.149. The highest BCUT2D eigenvalue weighted by Crippen LogP contribution is 2.25. The van der Waals surface area contributed by atoms with E-state index in [1.807, 2.05) is 25.8 Å². The lowest BCUT2D eigenvalue weighted by Crippen LogP contribution is -2.28. The predicted octanol–water partition coefficient (Wildman–Crippen LogP) is 3.48. The van der Waals surface area contributed by atoms with Crippen molar-refractivity contribution in [3.63, 3.8) is 0 Å². The Bertz CT molecular complexity index is 713. The molecule has 1 aliphatic rings. The second-order valence-electron chi connectivity index (χ2n) is 6.88. The van der Waals surface area contributed by atoms with Crippen molar-refractivity contribution < 1.29 is 9.32 Å². The van der Waals surface area contributed by atoms with E-state index < -0.39 is 0 Å². The van der Waals surface area contributed by atoms with Crippen LogP contribution < -0.4 is 4.90 Å². The first-order chi connectivity index (χ1) is 12.1. The Morgan fingerprint density at radius 1 is 1.24 bits per heavy atom. The fourth-order valence-corrected chi connectivity index (χ4v) is 3.54. The summed E-state index contributed by atoms with van der Waals surface area (Å²) >= 11 is 0. The standard InChI is InChI=1S/C20H27N3O2/c1-15-18(16(2)25-21-15)10-11-20(24)22(3)14-17-8-4-5-9-19(17)23-12-6-7-13-23/h4-5,8-9H,6-7,10-14H2,1-3H3. The first-order valence-corrected chi connectivity index (χ1v) is 9.05. The number of aryl methyl sites for hydroxylation is 2. The molecule has 1 amide bonds. The average Bonchev–Trinajstić information content (AvgIpc) is 3.24. The molecule has 3 rings (SSSR count). The largest absolute Gasteiger partial charge is 0.371 e. The molecule has 5 heteroatoms. The van der Waals surface area contributed by atoms with Gasteiger partial charge in [0, 0.05) is 44.4 Å². The van der Waals surface area contributed by atoms with Gasteiger partial charge in [0.1, 0.15) is 5.76 Å². The molecule has 2 aromatic rings. The predicted molar refractivity (Wildman–Crippen MR) is 98.7 cm³/mol. The molecule has 0 radical (unpaired) electrons. The summed E-state index contributed by atoms with van der Waals surface area (Å²) in [7, 11) is 1.89. The van der Waals surface area contributed by atoms with Crippen LogP contribution in [0.1, 0.15) is 41.8 Å². The number of amides is 1. The molecule has 1 aromatic carbocycles. The monoisotopic (exact) mass is 341 g/mol. The second-order valence-corrected chi connectivity index (χ2v) is 6.88. The molecule has 0 aliphatic carbocycles. The van der Waals surface area contributed by atoms with E-state index >= 15 is 0 Å². The van der Waals surface area contributed by atoms with E-state index in [0.29, 0.717) is 19.4 Å². The molecule has 1 aliphatic heterocycles. The maximum Gasteiger partial charge on any atom is 0.222 e. The molecule has 0 spiro atoms. The van der Waals surface area contributed by atoms with Crippen LogP contribution in [0.2, 0.25) is 0 Å². The van der Waals surface area contributed by atoms with Crippen LogP contribution in [0.4, 0.5) is 5.69 Å². The second kappa shape index (κ2) is 7.72. The molecule has 2 heterocycles. The van der Waals surface area contributed by atoms with Crippen molar-refractivity contribution in [3.05, 3.63) is 46.8 Å². The van der Waals surface area contributed by atoms with Gasteiger partial charge in [-0.1, -0.05) is 23.4 Å². The third-order valence-corrected chi connectivity index (χ3v) is 5.04. The summed E-state index contributed by atoms with van der Waals surface area (Å²) in [6.45, 7) is 6.69. The SMILES string of the molecule is Cc1noc(C)c1CCC(=O)N(C)Cc1ccccc1N1CCCC1. The van der Waals surface area contributed by atoms with Gasteiger partial charge in [-0.05, 0) is 44.7 Å². The van der Waals surface area contributed by atoms with Crippen molar-refractivity contribution in [1.82, 2.24) is 10.1 Å². The van der Waals surface area contributed by atoms with E-state index in [1.54, 1.807) is 0 Å². The summed E-state index contributed by atoms with van der Waals surface area (Å²) < 4.78 is 5.18. The van der Waals surface area contributed by atoms with Crippen molar-refractivity contribution in [2.45, 2.75) is 46.1 Å². The summed E-state index contributed by atoms with van der Waals surface area (Å²) in [5.41, 5.74) is 4.43. The van der Waals surface area contributed by atoms with Gasteiger partial charge in [-0.3, -0.25) is 4.79 Å². The number of nitrogens with zero attached hydrogens (tertiary/aromatic N) is 3. The molecule has 1 saturated heterocycles. The summed E-state index contributed by atoms with van der Waals surface area (Å²) in [6.07, 6.45) is 3.66. The minimum absolute atomic E-state index is 0.149. The summed E-state index contributed by atoms with van der Waals surface area (Å²) in [5, 5.41) is 3.96. The summed E-state index contributed by atoms with van der Waals surface area (Å²) in [6, 6.07) is 8.43. The maximum absolute atomic E-state index is 12.6. The van der Waals surface area contributed by atoms with E-state index in [2.05, 4.69) is 34.3 Å². The quantitative estimate of drug-likeness (QED) is 0.807. The van der Waals surface area contributed by atoms with Crippen molar-refractivity contribution in [3.8, 4) is 0 Å². The summed E-state index contributed by atoms with van der Waals surface area (Å²) in [5.74, 6) is 0.962. The number of rotatable bonds is 6. The van der Waals surface area contributed by atoms with Gasteiger partial charge in [0.25, 0.3) is 0 Å². The van der Waals surface area contributed by atoms with Crippen LogP contribution in [-0.2, 0) is 17.8 Å². The zero-order chi connectivity index (χ0) is 17.8. The van der Waals surface area contributed by atoms with Crippen LogP contribution in [0, 0.1) is 13.8 Å². The molecule has 5 nitrogen and oxygen atoms in total. The number of para-hydroxylation sites is 1. The van der Waals surface area contributed by atoms with E-state index in [4.69, 9.17) is 4.52 Å². The van der Waals surface area contributed by atoms with Gasteiger partial charge >= 0.3 is 0 Å². The van der Waals surface area contributed by atoms with Crippen LogP contribution in [0.15, 0.2) is 28.8 Å². The van der Waals surface area contributed by atoms with Crippen molar-refractivity contribution in [2.75, 3.05) is 25.0 Å². The number of hydrogen-bond donors (Lipinski definition) is 0. The Balaban J connectivity index is 1.62. The summed E-state index contributed by atoms with van der Waals surface area (Å²) in [4.78, 5) is 16.8. The fourth-order valence-electron chi connectivity index (χ4n) is 3.54. The molecule has 0 N–H and O–H groups in total. The molecular formula is C20H27N3O2. The molecule has 134 valence electrons. The number of anilines is 1. The van der Waals surface area contributed by atoms with Crippen LogP contribution in [0.5, 0.6) is 0 Å². The minimum Gasteiger partial charge on any atom is -0.371 e. The molecule has 0 bridgehead atoms. The Kier molecular flexibility index (Phi) is 5.41. The molecule has 1 aromatic heterocycles. The molecule has 25 heavy (non-hydrogen) atoms. The lowest BCUT2D eigenvalue weighted by molar-refractivity contribution is -0.130. The fraction of sp³-hybridized carbons (Fsp3) is 0.500. The molecular weight excluding hydrogens is 314 g/mol. The first-order valence-electron chi connectivity index (χ1n) is 9.05. The third kappa shape index (κ3) is 4.03. The van der Waals surface area contributed by atoms with E-state index in [-0.39, 0.29) is 5.91 Å². The van der Waals surface area contributed by atoms with Gasteiger partial charge in [-0.2, -0.15) is 0 Å². The number of hydrogen-bond acceptors (Lipinski definition) is 4. The highest BCUT2D eigenvalue weighted by Gasteiger charge is 2.18. The van der Waals surface area contributed by atoms with Crippen LogP contribution in [0.3, 0.4) is 0 Å². The number of benzene rings is 1. The van der Waals surface area contributed by atoms with Gasteiger partial charge < -0.3 is 14.3 Å². The highest BCUT2D eigenvalue weighted by atomic mass is 16.5. The maximum atomic E-state index is 12.6. The average molecular weight is 341 g/mol. The van der Waals surface area contributed by atoms with Gasteiger partial charge in [0.05, 0.1) is 5.69 Å². The Morgan fingerprint density at radius 2 is 1.96 bits per heavy atom. The van der Waals surface area contributed by atoms with Gasteiger partial charge in [-0.15, -0.1) is 0 Å². The highest BCUT2D eigenvalue weighted by molar-refractivity contribution is 5.76. The smallest absolute Gasteiger partial charge is 0.222 e. The van der Waals surface area contributed by atoms with E-state index in [1.165, 1.54) is 24.1 Å². The van der Waals surface area contributed by atoms with Gasteiger partial charge in [0.2, 0.25) is 5.91 Å². The normalized spacial score (nSPS) is 14.1. The number of carbonyl (C=O) groups excluding carboxylic acids is 1. The Labute approximate surface area is 149 Å². The lowest BCUT2D eigenvalue weighted by atomic mass is 10.1. The zero-order valence-corrected chi connectivity index (χ0v) is 15.4. The van der Waals surface area contributed by atoms with Crippen LogP contribution >= 0.6 is 0 Å². The zero-order valence-electron chi connectivity index (χ0n) is 15.4. The van der Waals surface area contributed by atoms with E-state index in [0.717, 1.165) is 30.1 Å². The lowest BCUT2D eigenvalue weighted by Gasteiger charge is -2.24. The van der Waals surface area contributed by atoms with E-state index in [9.17, 15) is 4.79 Å². The van der Waals surface area contributed by atoms with Crippen molar-refractivity contribution in [2.24, 2.45) is 0 Å². The topological polar surface area (TPSA) is 49.6 Å². The Morgan fingerprint density at radius 3 is 2.64 bits per heavy atom. The number of aromatic nitrogens is 1. The molecule has 0 atom stereocenters. The van der Waals surface area contributed by atoms with Crippen molar-refractivity contribution in [1.29, 1.82) is 0 Å². The third-order valence-electron chi connectivity index (χ3n) is 5.04. The van der Waals surface area contributed by atoms with Crippen molar-refractivity contribution >= 4 is 11.6 Å². The van der Waals surface area contributed by atoms with Crippen LogP contribution in [0.25, 0.3) is 0 Å². The number of carbonyl (C=O) groups is 1. The first kappa shape index (κ1) is 17.5. The van der Waals surface area contributed by atoms with Crippen LogP contribution in [-0.4, -0.2) is 36.1 Å². The molecule has 1 fully saturated rings.